The van der Waals surface area contributed by atoms with Crippen molar-refractivity contribution in [3.63, 3.8) is 0 Å². The average molecular weight is 312 g/mol. The van der Waals surface area contributed by atoms with Gasteiger partial charge in [-0.05, 0) is 50.0 Å². The van der Waals surface area contributed by atoms with E-state index in [2.05, 4.69) is 63.8 Å². The van der Waals surface area contributed by atoms with Gasteiger partial charge in [0.2, 0.25) is 0 Å². The summed E-state index contributed by atoms with van der Waals surface area (Å²) in [6.45, 7) is 3.36. The topological polar surface area (TPSA) is 27.3 Å². The zero-order chi connectivity index (χ0) is 13.0. The monoisotopic (exact) mass is 311 g/mol. The highest BCUT2D eigenvalue weighted by atomic mass is 79.9. The fourth-order valence-electron chi connectivity index (χ4n) is 2.39. The first-order chi connectivity index (χ1) is 8.66. The van der Waals surface area contributed by atoms with Crippen LogP contribution in [0.4, 0.5) is 11.4 Å². The first-order valence-corrected chi connectivity index (χ1v) is 7.37. The number of benzene rings is 1. The Balaban J connectivity index is 2.00. The van der Waals surface area contributed by atoms with Crippen LogP contribution in [0.5, 0.6) is 0 Å². The van der Waals surface area contributed by atoms with Crippen molar-refractivity contribution in [3.05, 3.63) is 22.7 Å². The minimum Gasteiger partial charge on any atom is -0.383 e. The normalized spacial score (nSPS) is 19.6. The Hall–Kier alpha value is -0.740. The average Bonchev–Trinajstić information content (AvgIpc) is 2.37. The second kappa shape index (κ2) is 6.43. The Bertz CT molecular complexity index is 387. The van der Waals surface area contributed by atoms with Gasteiger partial charge in [-0.3, -0.25) is 0 Å². The summed E-state index contributed by atoms with van der Waals surface area (Å²) in [5.41, 5.74) is 2.45. The van der Waals surface area contributed by atoms with E-state index < -0.39 is 0 Å². The van der Waals surface area contributed by atoms with Gasteiger partial charge in [-0.15, -0.1) is 0 Å². The van der Waals surface area contributed by atoms with E-state index >= 15 is 0 Å². The number of rotatable bonds is 4. The lowest BCUT2D eigenvalue weighted by atomic mass is 9.99. The molecule has 18 heavy (non-hydrogen) atoms. The lowest BCUT2D eigenvalue weighted by molar-refractivity contribution is 0.393. The van der Waals surface area contributed by atoms with Gasteiger partial charge in [0.25, 0.3) is 0 Å². The maximum Gasteiger partial charge on any atom is 0.0597 e. The second-order valence-corrected chi connectivity index (χ2v) is 6.06. The van der Waals surface area contributed by atoms with Gasteiger partial charge in [-0.2, -0.15) is 0 Å². The summed E-state index contributed by atoms with van der Waals surface area (Å²) in [6.07, 6.45) is 2.62. The Morgan fingerprint density at radius 1 is 1.44 bits per heavy atom. The molecule has 0 radical (unpaired) electrons. The molecule has 3 nitrogen and oxygen atoms in total. The van der Waals surface area contributed by atoms with Crippen LogP contribution in [-0.4, -0.2) is 33.7 Å². The third-order valence-corrected chi connectivity index (χ3v) is 3.91. The van der Waals surface area contributed by atoms with Crippen molar-refractivity contribution in [2.24, 2.45) is 5.92 Å². The number of hydrogen-bond acceptors (Lipinski definition) is 3. The molecule has 1 aromatic rings. The molecule has 1 saturated heterocycles. The number of nitrogens with one attached hydrogen (secondary N) is 2. The number of hydrogen-bond donors (Lipinski definition) is 2. The predicted molar refractivity (Wildman–Crippen MR) is 82.6 cm³/mol. The van der Waals surface area contributed by atoms with E-state index in [1.807, 2.05) is 0 Å². The van der Waals surface area contributed by atoms with E-state index in [-0.39, 0.29) is 0 Å². The van der Waals surface area contributed by atoms with Crippen molar-refractivity contribution in [2.45, 2.75) is 12.8 Å². The molecule has 2 rings (SSSR count). The summed E-state index contributed by atoms with van der Waals surface area (Å²) in [6, 6.07) is 6.39. The van der Waals surface area contributed by atoms with E-state index in [1.165, 1.54) is 30.8 Å². The van der Waals surface area contributed by atoms with Gasteiger partial charge >= 0.3 is 0 Å². The van der Waals surface area contributed by atoms with Crippen LogP contribution >= 0.6 is 15.9 Å². The number of halogens is 1. The van der Waals surface area contributed by atoms with E-state index in [9.17, 15) is 0 Å². The third-order valence-electron chi connectivity index (χ3n) is 3.42. The van der Waals surface area contributed by atoms with Gasteiger partial charge in [0.15, 0.2) is 0 Å². The van der Waals surface area contributed by atoms with Gasteiger partial charge in [0.05, 0.1) is 11.4 Å². The molecule has 100 valence electrons. The smallest absolute Gasteiger partial charge is 0.0597 e. The van der Waals surface area contributed by atoms with Crippen LogP contribution in [0.1, 0.15) is 12.8 Å². The lowest BCUT2D eigenvalue weighted by Crippen LogP contribution is -2.33. The minimum atomic E-state index is 0.743. The molecule has 0 spiro atoms. The Kier molecular flexibility index (Phi) is 4.89. The summed E-state index contributed by atoms with van der Waals surface area (Å²) >= 11 is 3.54. The largest absolute Gasteiger partial charge is 0.383 e. The zero-order valence-corrected chi connectivity index (χ0v) is 12.8. The summed E-state index contributed by atoms with van der Waals surface area (Å²) in [5, 5.41) is 7.05. The molecule has 1 fully saturated rings. The van der Waals surface area contributed by atoms with Crippen LogP contribution in [-0.2, 0) is 0 Å². The zero-order valence-electron chi connectivity index (χ0n) is 11.2. The molecule has 1 aromatic carbocycles. The highest BCUT2D eigenvalue weighted by Crippen LogP contribution is 2.28. The molecule has 1 aliphatic heterocycles. The summed E-state index contributed by atoms with van der Waals surface area (Å²) in [7, 11) is 4.16. The number of anilines is 2. The molecule has 0 aliphatic carbocycles. The highest BCUT2D eigenvalue weighted by molar-refractivity contribution is 9.10. The van der Waals surface area contributed by atoms with E-state index in [0.717, 1.165) is 23.5 Å². The van der Waals surface area contributed by atoms with Gasteiger partial charge < -0.3 is 15.5 Å². The Morgan fingerprint density at radius 3 is 2.94 bits per heavy atom. The van der Waals surface area contributed by atoms with Crippen molar-refractivity contribution in [1.29, 1.82) is 0 Å². The number of nitrogens with zero attached hydrogens (tertiary/aromatic N) is 1. The van der Waals surface area contributed by atoms with Crippen molar-refractivity contribution in [2.75, 3.05) is 43.9 Å². The molecule has 1 unspecified atom stereocenters. The molecule has 0 bridgehead atoms. The maximum absolute atomic E-state index is 3.59. The maximum atomic E-state index is 3.59. The molecule has 2 N–H and O–H groups in total. The quantitative estimate of drug-likeness (QED) is 0.895. The van der Waals surface area contributed by atoms with Crippen LogP contribution in [0.3, 0.4) is 0 Å². The summed E-state index contributed by atoms with van der Waals surface area (Å²) in [5.74, 6) is 0.743. The number of piperidine rings is 1. The van der Waals surface area contributed by atoms with Crippen LogP contribution in [0.25, 0.3) is 0 Å². The molecule has 1 atom stereocenters. The van der Waals surface area contributed by atoms with Crippen molar-refractivity contribution in [1.82, 2.24) is 5.32 Å². The molecular formula is C14H22BrN3. The van der Waals surface area contributed by atoms with E-state index in [0.29, 0.717) is 0 Å². The molecule has 0 aromatic heterocycles. The third kappa shape index (κ3) is 3.62. The van der Waals surface area contributed by atoms with Crippen LogP contribution < -0.4 is 15.5 Å². The first kappa shape index (κ1) is 13.7. The minimum absolute atomic E-state index is 0.743. The van der Waals surface area contributed by atoms with Gasteiger partial charge in [0.1, 0.15) is 0 Å². The van der Waals surface area contributed by atoms with Crippen LogP contribution in [0, 0.1) is 5.92 Å². The van der Waals surface area contributed by atoms with E-state index in [1.54, 1.807) is 0 Å². The predicted octanol–water partition coefficient (Wildman–Crippen LogP) is 2.93. The van der Waals surface area contributed by atoms with Crippen LogP contribution in [0.15, 0.2) is 22.7 Å². The molecule has 1 heterocycles. The Labute approximate surface area is 118 Å². The van der Waals surface area contributed by atoms with Crippen molar-refractivity contribution < 1.29 is 0 Å². The lowest BCUT2D eigenvalue weighted by Gasteiger charge is -2.25. The summed E-state index contributed by atoms with van der Waals surface area (Å²) in [4.78, 5) is 2.15. The van der Waals surface area contributed by atoms with Gasteiger partial charge in [-0.1, -0.05) is 15.9 Å². The van der Waals surface area contributed by atoms with Gasteiger partial charge in [0, 0.05) is 25.1 Å². The van der Waals surface area contributed by atoms with Crippen LogP contribution in [0.2, 0.25) is 0 Å². The van der Waals surface area contributed by atoms with E-state index in [4.69, 9.17) is 0 Å². The molecule has 4 heteroatoms. The van der Waals surface area contributed by atoms with Crippen molar-refractivity contribution in [3.8, 4) is 0 Å². The summed E-state index contributed by atoms with van der Waals surface area (Å²) < 4.78 is 1.12. The fourth-order valence-corrected chi connectivity index (χ4v) is 2.75. The molecular weight excluding hydrogens is 290 g/mol. The standard InChI is InChI=1S/C14H22BrN3/c1-18(2)14-6-5-12(15)8-13(14)17-10-11-4-3-7-16-9-11/h5-6,8,11,16-17H,3-4,7,9-10H2,1-2H3. The van der Waals surface area contributed by atoms with Crippen molar-refractivity contribution >= 4 is 27.3 Å². The molecule has 0 amide bonds. The molecule has 0 saturated carbocycles. The second-order valence-electron chi connectivity index (χ2n) is 5.15. The van der Waals surface area contributed by atoms with Gasteiger partial charge in [-0.25, -0.2) is 0 Å². The highest BCUT2D eigenvalue weighted by Gasteiger charge is 2.13. The first-order valence-electron chi connectivity index (χ1n) is 6.58. The SMILES string of the molecule is CN(C)c1ccc(Br)cc1NCC1CCCNC1. The Morgan fingerprint density at radius 2 is 2.28 bits per heavy atom. The molecule has 1 aliphatic rings. The fraction of sp³-hybridized carbons (Fsp3) is 0.571.